The molecule has 2 aromatic heterocycles. The van der Waals surface area contributed by atoms with E-state index in [1.54, 1.807) is 12.3 Å². The molecule has 0 aliphatic carbocycles. The fourth-order valence-electron chi connectivity index (χ4n) is 2.20. The lowest BCUT2D eigenvalue weighted by Gasteiger charge is -2.07. The summed E-state index contributed by atoms with van der Waals surface area (Å²) in [5, 5.41) is 9.94. The molecule has 0 bridgehead atoms. The SMILES string of the molecule is CCn1c(-c2ccncc2O)nc2cc(Br)ccc21. The van der Waals surface area contributed by atoms with Gasteiger partial charge in [-0.25, -0.2) is 4.98 Å². The summed E-state index contributed by atoms with van der Waals surface area (Å²) in [6.07, 6.45) is 3.09. The summed E-state index contributed by atoms with van der Waals surface area (Å²) in [5.41, 5.74) is 2.66. The van der Waals surface area contributed by atoms with Crippen molar-refractivity contribution < 1.29 is 5.11 Å². The number of fused-ring (bicyclic) bond motifs is 1. The summed E-state index contributed by atoms with van der Waals surface area (Å²) >= 11 is 3.45. The number of pyridine rings is 1. The molecule has 0 aliphatic rings. The minimum absolute atomic E-state index is 0.145. The van der Waals surface area contributed by atoms with E-state index >= 15 is 0 Å². The molecule has 96 valence electrons. The first kappa shape index (κ1) is 12.2. The van der Waals surface area contributed by atoms with Gasteiger partial charge in [0.05, 0.1) is 22.8 Å². The Bertz CT molecular complexity index is 752. The van der Waals surface area contributed by atoms with E-state index in [1.165, 1.54) is 6.20 Å². The zero-order chi connectivity index (χ0) is 13.4. The van der Waals surface area contributed by atoms with E-state index in [0.717, 1.165) is 27.9 Å². The fourth-order valence-corrected chi connectivity index (χ4v) is 2.55. The third-order valence-corrected chi connectivity index (χ3v) is 3.56. The maximum atomic E-state index is 9.94. The van der Waals surface area contributed by atoms with Gasteiger partial charge >= 0.3 is 0 Å². The Labute approximate surface area is 118 Å². The van der Waals surface area contributed by atoms with Gasteiger partial charge in [0, 0.05) is 17.2 Å². The van der Waals surface area contributed by atoms with Crippen molar-refractivity contribution in [3.8, 4) is 17.1 Å². The molecule has 1 aromatic carbocycles. The Balaban J connectivity index is 2.32. The van der Waals surface area contributed by atoms with Crippen molar-refractivity contribution in [3.05, 3.63) is 41.1 Å². The van der Waals surface area contributed by atoms with Crippen molar-refractivity contribution >= 4 is 27.0 Å². The Morgan fingerprint density at radius 1 is 1.32 bits per heavy atom. The molecule has 0 saturated heterocycles. The van der Waals surface area contributed by atoms with Gasteiger partial charge in [-0.3, -0.25) is 4.98 Å². The summed E-state index contributed by atoms with van der Waals surface area (Å²) in [6.45, 7) is 2.85. The third-order valence-electron chi connectivity index (χ3n) is 3.07. The van der Waals surface area contributed by atoms with E-state index in [1.807, 2.05) is 18.2 Å². The first-order chi connectivity index (χ1) is 9.20. The molecule has 0 saturated carbocycles. The van der Waals surface area contributed by atoms with Crippen LogP contribution in [0.25, 0.3) is 22.4 Å². The zero-order valence-electron chi connectivity index (χ0n) is 10.3. The molecule has 5 heteroatoms. The highest BCUT2D eigenvalue weighted by atomic mass is 79.9. The van der Waals surface area contributed by atoms with Crippen molar-refractivity contribution in [1.82, 2.24) is 14.5 Å². The molecule has 0 amide bonds. The maximum Gasteiger partial charge on any atom is 0.144 e. The highest BCUT2D eigenvalue weighted by molar-refractivity contribution is 9.10. The van der Waals surface area contributed by atoms with Crippen LogP contribution in [0.3, 0.4) is 0 Å². The van der Waals surface area contributed by atoms with Gasteiger partial charge in [0.1, 0.15) is 11.6 Å². The van der Waals surface area contributed by atoms with Crippen LogP contribution in [0.15, 0.2) is 41.1 Å². The largest absolute Gasteiger partial charge is 0.506 e. The molecule has 0 aliphatic heterocycles. The highest BCUT2D eigenvalue weighted by Gasteiger charge is 2.14. The van der Waals surface area contributed by atoms with Crippen LogP contribution in [0.2, 0.25) is 0 Å². The van der Waals surface area contributed by atoms with Gasteiger partial charge in [-0.2, -0.15) is 0 Å². The third kappa shape index (κ3) is 2.00. The minimum Gasteiger partial charge on any atom is -0.506 e. The van der Waals surface area contributed by atoms with Crippen molar-refractivity contribution in [3.63, 3.8) is 0 Å². The molecule has 0 unspecified atom stereocenters. The molecule has 3 rings (SSSR count). The van der Waals surface area contributed by atoms with Crippen molar-refractivity contribution in [2.24, 2.45) is 0 Å². The number of aromatic hydroxyl groups is 1. The topological polar surface area (TPSA) is 50.9 Å². The Morgan fingerprint density at radius 2 is 2.16 bits per heavy atom. The lowest BCUT2D eigenvalue weighted by molar-refractivity contribution is 0.474. The van der Waals surface area contributed by atoms with Crippen LogP contribution in [-0.2, 0) is 6.54 Å². The van der Waals surface area contributed by atoms with Gasteiger partial charge in [0.2, 0.25) is 0 Å². The van der Waals surface area contributed by atoms with E-state index in [9.17, 15) is 5.11 Å². The molecule has 3 aromatic rings. The summed E-state index contributed by atoms with van der Waals surface area (Å²) in [7, 11) is 0. The molecule has 2 heterocycles. The second-order valence-electron chi connectivity index (χ2n) is 4.21. The number of aryl methyl sites for hydroxylation is 1. The summed E-state index contributed by atoms with van der Waals surface area (Å²) in [4.78, 5) is 8.52. The highest BCUT2D eigenvalue weighted by Crippen LogP contribution is 2.31. The fraction of sp³-hybridized carbons (Fsp3) is 0.143. The quantitative estimate of drug-likeness (QED) is 0.785. The van der Waals surface area contributed by atoms with Crippen LogP contribution in [-0.4, -0.2) is 19.6 Å². The predicted molar refractivity (Wildman–Crippen MR) is 78.0 cm³/mol. The monoisotopic (exact) mass is 317 g/mol. The first-order valence-electron chi connectivity index (χ1n) is 6.00. The predicted octanol–water partition coefficient (Wildman–Crippen LogP) is 3.59. The van der Waals surface area contributed by atoms with Crippen LogP contribution in [0.1, 0.15) is 6.92 Å². The standard InChI is InChI=1S/C14H12BrN3O/c1-2-18-12-4-3-9(15)7-11(12)17-14(18)10-5-6-16-8-13(10)19/h3-8,19H,2H2,1H3. The van der Waals surface area contributed by atoms with Gasteiger partial charge in [-0.05, 0) is 31.2 Å². The van der Waals surface area contributed by atoms with E-state index in [0.29, 0.717) is 5.56 Å². The van der Waals surface area contributed by atoms with Crippen molar-refractivity contribution in [2.75, 3.05) is 0 Å². The van der Waals surface area contributed by atoms with Gasteiger partial charge in [0.25, 0.3) is 0 Å². The second kappa shape index (κ2) is 4.66. The van der Waals surface area contributed by atoms with E-state index in [-0.39, 0.29) is 5.75 Å². The smallest absolute Gasteiger partial charge is 0.144 e. The summed E-state index contributed by atoms with van der Waals surface area (Å²) in [6, 6.07) is 7.77. The van der Waals surface area contributed by atoms with Crippen LogP contribution in [0.5, 0.6) is 5.75 Å². The van der Waals surface area contributed by atoms with Crippen LogP contribution in [0.4, 0.5) is 0 Å². The van der Waals surface area contributed by atoms with Crippen LogP contribution >= 0.6 is 15.9 Å². The second-order valence-corrected chi connectivity index (χ2v) is 5.12. The summed E-state index contributed by atoms with van der Waals surface area (Å²) in [5.74, 6) is 0.905. The number of nitrogens with zero attached hydrogens (tertiary/aromatic N) is 3. The Kier molecular flexibility index (Phi) is 2.98. The molecule has 0 atom stereocenters. The van der Waals surface area contributed by atoms with E-state index < -0.39 is 0 Å². The number of rotatable bonds is 2. The first-order valence-corrected chi connectivity index (χ1v) is 6.79. The Hall–Kier alpha value is -1.88. The van der Waals surface area contributed by atoms with E-state index in [2.05, 4.69) is 37.4 Å². The van der Waals surface area contributed by atoms with Gasteiger partial charge in [-0.15, -0.1) is 0 Å². The number of hydrogen-bond donors (Lipinski definition) is 1. The van der Waals surface area contributed by atoms with Crippen molar-refractivity contribution in [2.45, 2.75) is 13.5 Å². The number of imidazole rings is 1. The molecular formula is C14H12BrN3O. The number of benzene rings is 1. The molecule has 0 radical (unpaired) electrons. The molecule has 4 nitrogen and oxygen atoms in total. The average molecular weight is 318 g/mol. The Morgan fingerprint density at radius 3 is 2.89 bits per heavy atom. The minimum atomic E-state index is 0.145. The van der Waals surface area contributed by atoms with Gasteiger partial charge in [0.15, 0.2) is 0 Å². The molecule has 1 N–H and O–H groups in total. The number of halogens is 1. The number of aromatic nitrogens is 3. The van der Waals surface area contributed by atoms with Gasteiger partial charge < -0.3 is 9.67 Å². The normalized spacial score (nSPS) is 11.1. The zero-order valence-corrected chi connectivity index (χ0v) is 11.9. The molecule has 0 spiro atoms. The lowest BCUT2D eigenvalue weighted by Crippen LogP contribution is -1.97. The van der Waals surface area contributed by atoms with Crippen LogP contribution in [0, 0.1) is 0 Å². The lowest BCUT2D eigenvalue weighted by atomic mass is 10.2. The number of hydrogen-bond acceptors (Lipinski definition) is 3. The summed E-state index contributed by atoms with van der Waals surface area (Å²) < 4.78 is 3.07. The molecule has 0 fully saturated rings. The van der Waals surface area contributed by atoms with Gasteiger partial charge in [-0.1, -0.05) is 15.9 Å². The van der Waals surface area contributed by atoms with E-state index in [4.69, 9.17) is 0 Å². The maximum absolute atomic E-state index is 9.94. The average Bonchev–Trinajstić information content (AvgIpc) is 2.76. The molecular weight excluding hydrogens is 306 g/mol. The molecule has 19 heavy (non-hydrogen) atoms. The van der Waals surface area contributed by atoms with Crippen molar-refractivity contribution in [1.29, 1.82) is 0 Å². The van der Waals surface area contributed by atoms with Crippen LogP contribution < -0.4 is 0 Å².